The number of halogens is 1. The fourth-order valence-corrected chi connectivity index (χ4v) is 2.34. The van der Waals surface area contributed by atoms with E-state index in [-0.39, 0.29) is 18.9 Å². The van der Waals surface area contributed by atoms with Gasteiger partial charge in [0.2, 0.25) is 5.91 Å². The highest BCUT2D eigenvalue weighted by molar-refractivity contribution is 6.30. The number of benzene rings is 1. The molecule has 1 fully saturated rings. The molecule has 0 radical (unpaired) electrons. The zero-order valence-electron chi connectivity index (χ0n) is 10.9. The second-order valence-electron chi connectivity index (χ2n) is 4.72. The first-order valence-corrected chi connectivity index (χ1v) is 6.83. The summed E-state index contributed by atoms with van der Waals surface area (Å²) in [7, 11) is 0. The molecule has 1 aliphatic rings. The minimum absolute atomic E-state index is 0.0734. The molecule has 0 saturated carbocycles. The first kappa shape index (κ1) is 14.7. The minimum atomic E-state index is -0.838. The molecule has 20 heavy (non-hydrogen) atoms. The summed E-state index contributed by atoms with van der Waals surface area (Å²) in [6, 6.07) is 6.97. The summed E-state index contributed by atoms with van der Waals surface area (Å²) in [4.78, 5) is 24.3. The van der Waals surface area contributed by atoms with Crippen LogP contribution in [0, 0.1) is 5.92 Å². The highest BCUT2D eigenvalue weighted by atomic mass is 35.5. The Labute approximate surface area is 122 Å². The minimum Gasteiger partial charge on any atom is -0.493 e. The van der Waals surface area contributed by atoms with Gasteiger partial charge in [0.15, 0.2) is 0 Å². The van der Waals surface area contributed by atoms with Crippen LogP contribution in [0.4, 0.5) is 0 Å². The number of ether oxygens (including phenoxy) is 1. The van der Waals surface area contributed by atoms with Crippen molar-refractivity contribution in [2.24, 2.45) is 5.92 Å². The van der Waals surface area contributed by atoms with Crippen molar-refractivity contribution in [2.45, 2.75) is 12.8 Å². The van der Waals surface area contributed by atoms with Gasteiger partial charge in [0.05, 0.1) is 18.9 Å². The van der Waals surface area contributed by atoms with Gasteiger partial charge in [-0.25, -0.2) is 0 Å². The normalized spacial score (nSPS) is 18.1. The van der Waals surface area contributed by atoms with Crippen molar-refractivity contribution < 1.29 is 19.4 Å². The maximum absolute atomic E-state index is 11.9. The van der Waals surface area contributed by atoms with E-state index >= 15 is 0 Å². The highest BCUT2D eigenvalue weighted by Gasteiger charge is 2.30. The largest absolute Gasteiger partial charge is 0.493 e. The second-order valence-corrected chi connectivity index (χ2v) is 5.16. The molecule has 1 aromatic carbocycles. The Bertz CT molecular complexity index is 506. The molecular formula is C14H16ClNO4. The summed E-state index contributed by atoms with van der Waals surface area (Å²) >= 11 is 5.82. The van der Waals surface area contributed by atoms with Crippen LogP contribution in [0.15, 0.2) is 24.3 Å². The molecule has 1 atom stereocenters. The maximum atomic E-state index is 11.9. The molecule has 1 amide bonds. The Morgan fingerprint density at radius 3 is 2.90 bits per heavy atom. The predicted octanol–water partition coefficient (Wildman–Crippen LogP) is 2.04. The van der Waals surface area contributed by atoms with E-state index < -0.39 is 11.9 Å². The van der Waals surface area contributed by atoms with Crippen LogP contribution < -0.4 is 4.74 Å². The Morgan fingerprint density at radius 2 is 2.25 bits per heavy atom. The van der Waals surface area contributed by atoms with Gasteiger partial charge in [0, 0.05) is 18.1 Å². The molecule has 5 nitrogen and oxygen atoms in total. The van der Waals surface area contributed by atoms with Crippen molar-refractivity contribution in [1.82, 2.24) is 4.90 Å². The van der Waals surface area contributed by atoms with Crippen LogP contribution >= 0.6 is 11.6 Å². The molecule has 1 saturated heterocycles. The van der Waals surface area contributed by atoms with Crippen molar-refractivity contribution in [3.05, 3.63) is 29.3 Å². The molecular weight excluding hydrogens is 282 g/mol. The van der Waals surface area contributed by atoms with E-state index in [0.717, 1.165) is 0 Å². The molecule has 6 heteroatoms. The molecule has 0 unspecified atom stereocenters. The molecule has 1 N–H and O–H groups in total. The topological polar surface area (TPSA) is 66.8 Å². The van der Waals surface area contributed by atoms with E-state index in [0.29, 0.717) is 30.3 Å². The van der Waals surface area contributed by atoms with E-state index in [1.165, 1.54) is 0 Å². The number of carboxylic acid groups (broad SMARTS) is 1. The molecule has 0 bridgehead atoms. The number of carboxylic acids is 1. The summed E-state index contributed by atoms with van der Waals surface area (Å²) < 4.78 is 5.44. The average Bonchev–Trinajstić information content (AvgIpc) is 2.88. The number of carbonyl (C=O) groups excluding carboxylic acids is 1. The van der Waals surface area contributed by atoms with Gasteiger partial charge in [-0.1, -0.05) is 17.7 Å². The average molecular weight is 298 g/mol. The van der Waals surface area contributed by atoms with Gasteiger partial charge in [0.25, 0.3) is 0 Å². The van der Waals surface area contributed by atoms with Crippen molar-refractivity contribution in [1.29, 1.82) is 0 Å². The van der Waals surface area contributed by atoms with Crippen LogP contribution in [0.2, 0.25) is 5.02 Å². The van der Waals surface area contributed by atoms with E-state index in [1.54, 1.807) is 29.2 Å². The number of aliphatic carboxylic acids is 1. The number of rotatable bonds is 5. The molecule has 2 rings (SSSR count). The lowest BCUT2D eigenvalue weighted by atomic mass is 10.1. The second kappa shape index (κ2) is 6.61. The summed E-state index contributed by atoms with van der Waals surface area (Å²) in [6.07, 6.45) is 0.759. The number of carbonyl (C=O) groups is 2. The Morgan fingerprint density at radius 1 is 1.45 bits per heavy atom. The highest BCUT2D eigenvalue weighted by Crippen LogP contribution is 2.19. The van der Waals surface area contributed by atoms with Gasteiger partial charge in [-0.15, -0.1) is 0 Å². The fourth-order valence-electron chi connectivity index (χ4n) is 2.16. The van der Waals surface area contributed by atoms with E-state index in [9.17, 15) is 9.59 Å². The summed E-state index contributed by atoms with van der Waals surface area (Å²) in [5.74, 6) is -0.728. The lowest BCUT2D eigenvalue weighted by Crippen LogP contribution is -2.30. The Balaban J connectivity index is 1.75. The smallest absolute Gasteiger partial charge is 0.308 e. The van der Waals surface area contributed by atoms with Gasteiger partial charge in [0.1, 0.15) is 5.75 Å². The van der Waals surface area contributed by atoms with Gasteiger partial charge >= 0.3 is 5.97 Å². The van der Waals surface area contributed by atoms with Crippen molar-refractivity contribution >= 4 is 23.5 Å². The number of hydrogen-bond donors (Lipinski definition) is 1. The standard InChI is InChI=1S/C14H16ClNO4/c15-11-2-1-3-12(8-11)20-7-5-13(17)16-6-4-10(9-16)14(18)19/h1-3,8,10H,4-7,9H2,(H,18,19)/t10-/m0/s1. The Hall–Kier alpha value is -1.75. The van der Waals surface area contributed by atoms with Crippen molar-refractivity contribution in [3.8, 4) is 5.75 Å². The predicted molar refractivity (Wildman–Crippen MR) is 73.9 cm³/mol. The number of amides is 1. The van der Waals surface area contributed by atoms with Crippen molar-refractivity contribution in [3.63, 3.8) is 0 Å². The van der Waals surface area contributed by atoms with Crippen LogP contribution in [0.3, 0.4) is 0 Å². The van der Waals surface area contributed by atoms with Crippen LogP contribution in [0.1, 0.15) is 12.8 Å². The van der Waals surface area contributed by atoms with Gasteiger partial charge in [-0.05, 0) is 24.6 Å². The third-order valence-electron chi connectivity index (χ3n) is 3.27. The monoisotopic (exact) mass is 297 g/mol. The molecule has 0 aliphatic carbocycles. The molecule has 108 valence electrons. The van der Waals surface area contributed by atoms with E-state index in [2.05, 4.69) is 0 Å². The first-order chi connectivity index (χ1) is 9.56. The lowest BCUT2D eigenvalue weighted by molar-refractivity contribution is -0.141. The fraction of sp³-hybridized carbons (Fsp3) is 0.429. The zero-order chi connectivity index (χ0) is 14.5. The third kappa shape index (κ3) is 3.87. The van der Waals surface area contributed by atoms with Crippen LogP contribution in [-0.2, 0) is 9.59 Å². The molecule has 1 aliphatic heterocycles. The number of likely N-dealkylation sites (tertiary alicyclic amines) is 1. The lowest BCUT2D eigenvalue weighted by Gasteiger charge is -2.16. The maximum Gasteiger partial charge on any atom is 0.308 e. The van der Waals surface area contributed by atoms with E-state index in [1.807, 2.05) is 0 Å². The van der Waals surface area contributed by atoms with Gasteiger partial charge < -0.3 is 14.7 Å². The van der Waals surface area contributed by atoms with Crippen molar-refractivity contribution in [2.75, 3.05) is 19.7 Å². The third-order valence-corrected chi connectivity index (χ3v) is 3.51. The number of hydrogen-bond acceptors (Lipinski definition) is 3. The molecule has 1 aromatic rings. The molecule has 0 spiro atoms. The quantitative estimate of drug-likeness (QED) is 0.903. The van der Waals surface area contributed by atoms with Gasteiger partial charge in [-0.3, -0.25) is 9.59 Å². The molecule has 1 heterocycles. The SMILES string of the molecule is O=C(O)[C@H]1CCN(C(=O)CCOc2cccc(Cl)c2)C1. The summed E-state index contributed by atoms with van der Waals surface area (Å²) in [6.45, 7) is 1.06. The van der Waals surface area contributed by atoms with Crippen LogP contribution in [0.25, 0.3) is 0 Å². The zero-order valence-corrected chi connectivity index (χ0v) is 11.7. The summed E-state index contributed by atoms with van der Waals surface area (Å²) in [5.41, 5.74) is 0. The molecule has 0 aromatic heterocycles. The first-order valence-electron chi connectivity index (χ1n) is 6.45. The van der Waals surface area contributed by atoms with Crippen LogP contribution in [0.5, 0.6) is 5.75 Å². The van der Waals surface area contributed by atoms with E-state index in [4.69, 9.17) is 21.4 Å². The van der Waals surface area contributed by atoms with Crippen LogP contribution in [-0.4, -0.2) is 41.6 Å². The van der Waals surface area contributed by atoms with Gasteiger partial charge in [-0.2, -0.15) is 0 Å². The summed E-state index contributed by atoms with van der Waals surface area (Å²) in [5, 5.41) is 9.47. The number of nitrogens with zero attached hydrogens (tertiary/aromatic N) is 1. The Kier molecular flexibility index (Phi) is 4.84.